The van der Waals surface area contributed by atoms with Gasteiger partial charge in [0.15, 0.2) is 0 Å². The van der Waals surface area contributed by atoms with Crippen molar-refractivity contribution in [3.8, 4) is 5.82 Å². The van der Waals surface area contributed by atoms with Crippen LogP contribution in [0.2, 0.25) is 0 Å². The molecular formula is C8H6N3. The first-order valence-corrected chi connectivity index (χ1v) is 3.28. The van der Waals surface area contributed by atoms with Crippen LogP contribution in [-0.2, 0) is 0 Å². The monoisotopic (exact) mass is 144 g/mol. The van der Waals surface area contributed by atoms with Crippen LogP contribution in [0.25, 0.3) is 5.82 Å². The van der Waals surface area contributed by atoms with Gasteiger partial charge in [-0.25, -0.2) is 9.97 Å². The first kappa shape index (κ1) is 6.09. The molecule has 0 spiro atoms. The zero-order valence-electron chi connectivity index (χ0n) is 5.81. The second kappa shape index (κ2) is 2.54. The maximum absolute atomic E-state index is 4.09. The molecule has 0 unspecified atom stereocenters. The molecule has 2 aromatic heterocycles. The number of hydrogen-bond acceptors (Lipinski definition) is 2. The second-order valence-corrected chi connectivity index (χ2v) is 2.08. The summed E-state index contributed by atoms with van der Waals surface area (Å²) in [6, 6.07) is 6.64. The van der Waals surface area contributed by atoms with Crippen LogP contribution in [-0.4, -0.2) is 14.5 Å². The van der Waals surface area contributed by atoms with Gasteiger partial charge in [-0.2, -0.15) is 0 Å². The van der Waals surface area contributed by atoms with Crippen molar-refractivity contribution in [3.05, 3.63) is 43.1 Å². The van der Waals surface area contributed by atoms with Crippen molar-refractivity contribution >= 4 is 0 Å². The van der Waals surface area contributed by atoms with E-state index < -0.39 is 0 Å². The number of imidazole rings is 1. The highest BCUT2D eigenvalue weighted by atomic mass is 15.1. The fourth-order valence-corrected chi connectivity index (χ4v) is 0.842. The molecular weight excluding hydrogens is 138 g/mol. The van der Waals surface area contributed by atoms with Gasteiger partial charge in [0.25, 0.3) is 0 Å². The van der Waals surface area contributed by atoms with E-state index in [1.165, 1.54) is 0 Å². The molecule has 0 aliphatic carbocycles. The fourth-order valence-electron chi connectivity index (χ4n) is 0.842. The summed E-state index contributed by atoms with van der Waals surface area (Å²) < 4.78 is 1.81. The van der Waals surface area contributed by atoms with Gasteiger partial charge in [-0.3, -0.25) is 4.57 Å². The summed E-state index contributed by atoms with van der Waals surface area (Å²) in [6.45, 7) is 0. The first-order valence-electron chi connectivity index (χ1n) is 3.28. The van der Waals surface area contributed by atoms with E-state index >= 15 is 0 Å². The van der Waals surface area contributed by atoms with Gasteiger partial charge < -0.3 is 0 Å². The topological polar surface area (TPSA) is 30.7 Å². The number of hydrogen-bond donors (Lipinski definition) is 0. The zero-order chi connectivity index (χ0) is 7.52. The van der Waals surface area contributed by atoms with E-state index in [2.05, 4.69) is 16.0 Å². The van der Waals surface area contributed by atoms with E-state index in [4.69, 9.17) is 0 Å². The molecule has 2 aromatic rings. The van der Waals surface area contributed by atoms with Crippen molar-refractivity contribution in [2.45, 2.75) is 0 Å². The quantitative estimate of drug-likeness (QED) is 0.599. The third kappa shape index (κ3) is 1.12. The highest BCUT2D eigenvalue weighted by Gasteiger charge is 1.92. The SMILES string of the molecule is [c]1cccnc1-n1ccnc1. The van der Waals surface area contributed by atoms with E-state index in [1.54, 1.807) is 23.3 Å². The normalized spacial score (nSPS) is 9.82. The van der Waals surface area contributed by atoms with Crippen molar-refractivity contribution in [2.24, 2.45) is 0 Å². The molecule has 3 heteroatoms. The van der Waals surface area contributed by atoms with Gasteiger partial charge in [0.1, 0.15) is 12.1 Å². The fraction of sp³-hybridized carbons (Fsp3) is 0. The van der Waals surface area contributed by atoms with E-state index in [1.807, 2.05) is 18.3 Å². The summed E-state index contributed by atoms with van der Waals surface area (Å²) in [7, 11) is 0. The summed E-state index contributed by atoms with van der Waals surface area (Å²) in [4.78, 5) is 7.99. The third-order valence-electron chi connectivity index (χ3n) is 1.34. The van der Waals surface area contributed by atoms with Crippen molar-refractivity contribution in [3.63, 3.8) is 0 Å². The van der Waals surface area contributed by atoms with Crippen LogP contribution >= 0.6 is 0 Å². The Hall–Kier alpha value is -1.64. The average molecular weight is 144 g/mol. The number of pyridine rings is 1. The first-order chi connectivity index (χ1) is 5.47. The summed E-state index contributed by atoms with van der Waals surface area (Å²) in [5.41, 5.74) is 0. The lowest BCUT2D eigenvalue weighted by molar-refractivity contribution is 0.990. The maximum Gasteiger partial charge on any atom is 0.145 e. The van der Waals surface area contributed by atoms with Crippen LogP contribution in [0.15, 0.2) is 37.1 Å². The van der Waals surface area contributed by atoms with E-state index in [9.17, 15) is 0 Å². The summed E-state index contributed by atoms with van der Waals surface area (Å²) in [6.07, 6.45) is 6.96. The maximum atomic E-state index is 4.09. The Bertz CT molecular complexity index is 312. The van der Waals surface area contributed by atoms with Crippen LogP contribution in [0, 0.1) is 6.07 Å². The minimum absolute atomic E-state index is 0.769. The van der Waals surface area contributed by atoms with Gasteiger partial charge in [0.2, 0.25) is 0 Å². The van der Waals surface area contributed by atoms with E-state index in [0.717, 1.165) is 5.82 Å². The molecule has 0 aliphatic rings. The molecule has 2 rings (SSSR count). The largest absolute Gasteiger partial charge is 0.290 e. The van der Waals surface area contributed by atoms with Crippen molar-refractivity contribution in [1.29, 1.82) is 0 Å². The van der Waals surface area contributed by atoms with Gasteiger partial charge in [-0.05, 0) is 12.1 Å². The lowest BCUT2D eigenvalue weighted by Crippen LogP contribution is -1.92. The molecule has 0 aromatic carbocycles. The van der Waals surface area contributed by atoms with Crippen LogP contribution < -0.4 is 0 Å². The van der Waals surface area contributed by atoms with Gasteiger partial charge >= 0.3 is 0 Å². The Labute approximate surface area is 64.3 Å². The Morgan fingerprint density at radius 2 is 2.36 bits per heavy atom. The van der Waals surface area contributed by atoms with E-state index in [-0.39, 0.29) is 0 Å². The zero-order valence-corrected chi connectivity index (χ0v) is 5.81. The molecule has 0 saturated heterocycles. The molecule has 11 heavy (non-hydrogen) atoms. The third-order valence-corrected chi connectivity index (χ3v) is 1.34. The highest BCUT2D eigenvalue weighted by molar-refractivity contribution is 5.18. The second-order valence-electron chi connectivity index (χ2n) is 2.08. The molecule has 1 radical (unpaired) electrons. The highest BCUT2D eigenvalue weighted by Crippen LogP contribution is 1.98. The molecule has 0 aliphatic heterocycles. The molecule has 0 bridgehead atoms. The van der Waals surface area contributed by atoms with Crippen molar-refractivity contribution < 1.29 is 0 Å². The van der Waals surface area contributed by atoms with Crippen LogP contribution in [0.5, 0.6) is 0 Å². The molecule has 3 nitrogen and oxygen atoms in total. The van der Waals surface area contributed by atoms with Crippen molar-refractivity contribution in [1.82, 2.24) is 14.5 Å². The van der Waals surface area contributed by atoms with Crippen LogP contribution in [0.4, 0.5) is 0 Å². The average Bonchev–Trinajstić information content (AvgIpc) is 2.58. The predicted octanol–water partition coefficient (Wildman–Crippen LogP) is 1.07. The summed E-state index contributed by atoms with van der Waals surface area (Å²) in [5.74, 6) is 0.769. The Morgan fingerprint density at radius 3 is 3.00 bits per heavy atom. The van der Waals surface area contributed by atoms with Crippen molar-refractivity contribution in [2.75, 3.05) is 0 Å². The molecule has 2 heterocycles. The Kier molecular flexibility index (Phi) is 1.41. The number of nitrogens with zero attached hydrogens (tertiary/aromatic N) is 3. The smallest absolute Gasteiger partial charge is 0.145 e. The Balaban J connectivity index is 2.46. The van der Waals surface area contributed by atoms with Gasteiger partial charge in [0.05, 0.1) is 0 Å². The lowest BCUT2D eigenvalue weighted by Gasteiger charge is -1.96. The molecule has 0 atom stereocenters. The Morgan fingerprint density at radius 1 is 1.36 bits per heavy atom. The molecule has 0 saturated carbocycles. The summed E-state index contributed by atoms with van der Waals surface area (Å²) in [5, 5.41) is 0. The van der Waals surface area contributed by atoms with E-state index in [0.29, 0.717) is 0 Å². The van der Waals surface area contributed by atoms with Crippen LogP contribution in [0.3, 0.4) is 0 Å². The minimum atomic E-state index is 0.769. The van der Waals surface area contributed by atoms with Gasteiger partial charge in [-0.1, -0.05) is 0 Å². The van der Waals surface area contributed by atoms with Gasteiger partial charge in [0, 0.05) is 24.7 Å². The lowest BCUT2D eigenvalue weighted by atomic mass is 10.5. The minimum Gasteiger partial charge on any atom is -0.290 e. The molecule has 0 amide bonds. The molecule has 53 valence electrons. The molecule has 0 fully saturated rings. The molecule has 0 N–H and O–H groups in total. The number of aromatic nitrogens is 3. The standard InChI is InChI=1S/C8H6N3/c1-2-4-10-8(3-1)11-6-5-9-7-11/h1-2,4-7H. The number of rotatable bonds is 1. The van der Waals surface area contributed by atoms with Crippen LogP contribution in [0.1, 0.15) is 0 Å². The predicted molar refractivity (Wildman–Crippen MR) is 40.2 cm³/mol. The summed E-state index contributed by atoms with van der Waals surface area (Å²) >= 11 is 0. The van der Waals surface area contributed by atoms with Gasteiger partial charge in [-0.15, -0.1) is 0 Å².